The first-order valence-electron chi connectivity index (χ1n) is 12.4. The van der Waals surface area contributed by atoms with E-state index in [1.807, 2.05) is 0 Å². The maximum absolute atomic E-state index is 14.1. The lowest BCUT2D eigenvalue weighted by atomic mass is 9.99. The summed E-state index contributed by atoms with van der Waals surface area (Å²) < 4.78 is 185. The van der Waals surface area contributed by atoms with E-state index >= 15 is 0 Å². The van der Waals surface area contributed by atoms with Crippen LogP contribution in [0.4, 0.5) is 61.5 Å². The van der Waals surface area contributed by atoms with Gasteiger partial charge < -0.3 is 0 Å². The predicted octanol–water partition coefficient (Wildman–Crippen LogP) is 7.41. The first-order chi connectivity index (χ1) is 21.6. The molecule has 0 aliphatic rings. The Morgan fingerprint density at radius 3 is 0.812 bits per heavy atom. The molecule has 22 heteroatoms. The summed E-state index contributed by atoms with van der Waals surface area (Å²) in [5.41, 5.74) is -6.78. The Kier molecular flexibility index (Phi) is 7.80. The van der Waals surface area contributed by atoms with Crippen LogP contribution in [0.15, 0.2) is 52.4 Å². The molecule has 5 rings (SSSR count). The van der Waals surface area contributed by atoms with Gasteiger partial charge in [-0.2, -0.15) is 61.5 Å². The Labute approximate surface area is 269 Å². The molecule has 5 aromatic rings. The van der Waals surface area contributed by atoms with Gasteiger partial charge >= 0.3 is 36.0 Å². The van der Waals surface area contributed by atoms with Gasteiger partial charge in [0.2, 0.25) is 0 Å². The van der Waals surface area contributed by atoms with Crippen LogP contribution in [0, 0.1) is 0 Å². The fourth-order valence-corrected chi connectivity index (χ4v) is 6.30. The summed E-state index contributed by atoms with van der Waals surface area (Å²) in [5, 5.41) is -3.42. The molecule has 2 heterocycles. The molecule has 0 bridgehead atoms. The highest BCUT2D eigenvalue weighted by Gasteiger charge is 2.74. The first kappa shape index (κ1) is 35.7. The molecule has 258 valence electrons. The predicted molar refractivity (Wildman–Crippen MR) is 147 cm³/mol. The molecule has 0 saturated heterocycles. The van der Waals surface area contributed by atoms with Crippen LogP contribution in [-0.4, -0.2) is 45.2 Å². The normalized spacial score (nSPS) is 14.3. The van der Waals surface area contributed by atoms with Crippen LogP contribution in [0.5, 0.6) is 0 Å². The van der Waals surface area contributed by atoms with E-state index in [4.69, 9.17) is 0 Å². The van der Waals surface area contributed by atoms with Gasteiger partial charge in [0.25, 0.3) is 22.2 Å². The molecule has 0 aliphatic heterocycles. The molecule has 0 amide bonds. The lowest BCUT2D eigenvalue weighted by Gasteiger charge is -2.27. The Bertz CT molecular complexity index is 2110. The summed E-state index contributed by atoms with van der Waals surface area (Å²) >= 11 is 6.20. The minimum atomic E-state index is -6.76. The monoisotopic (exact) mass is 836 g/mol. The molecule has 0 unspecified atom stereocenters. The zero-order chi connectivity index (χ0) is 36.5. The van der Waals surface area contributed by atoms with Crippen LogP contribution in [0.1, 0.15) is 0 Å². The number of alkyl halides is 14. The number of rotatable bonds is 6. The van der Waals surface area contributed by atoms with Crippen LogP contribution < -0.4 is 22.2 Å². The molecule has 48 heavy (non-hydrogen) atoms. The van der Waals surface area contributed by atoms with Gasteiger partial charge in [0.05, 0.1) is 34.6 Å². The molecule has 6 nitrogen and oxygen atoms in total. The van der Waals surface area contributed by atoms with E-state index in [0.717, 1.165) is 24.3 Å². The van der Waals surface area contributed by atoms with Gasteiger partial charge in [-0.05, 0) is 77.7 Å². The average molecular weight is 838 g/mol. The SMILES string of the molecule is O=c1c2cc3c(Br)c4cc5c(=O)n(CC(F)(F)C(F)(F)C(F)(F)F)c(=O)c5cc4c(Br)c3cc2c(=O)n1CC(F)(F)C(F)(F)C(F)(F)F. The van der Waals surface area contributed by atoms with Gasteiger partial charge in [0.1, 0.15) is 0 Å². The largest absolute Gasteiger partial charge is 0.459 e. The fraction of sp³-hybridized carbons (Fsp3) is 0.308. The number of benzene rings is 3. The number of hydrogen-bond acceptors (Lipinski definition) is 4. The highest BCUT2D eigenvalue weighted by atomic mass is 79.9. The third kappa shape index (κ3) is 4.86. The smallest absolute Gasteiger partial charge is 0.269 e. The number of fused-ring (bicyclic) bond motifs is 4. The van der Waals surface area contributed by atoms with Crippen molar-refractivity contribution in [3.05, 3.63) is 74.6 Å². The van der Waals surface area contributed by atoms with Gasteiger partial charge in [-0.3, -0.25) is 28.3 Å². The van der Waals surface area contributed by atoms with Crippen molar-refractivity contribution in [3.63, 3.8) is 0 Å². The van der Waals surface area contributed by atoms with Crippen LogP contribution in [0.3, 0.4) is 0 Å². The number of hydrogen-bond donors (Lipinski definition) is 0. The minimum absolute atomic E-state index is 0.117. The summed E-state index contributed by atoms with van der Waals surface area (Å²) in [6.07, 6.45) is -13.5. The summed E-state index contributed by atoms with van der Waals surface area (Å²) in [6, 6.07) is 3.36. The number of halogens is 16. The average Bonchev–Trinajstić information content (AvgIpc) is 3.32. The quantitative estimate of drug-likeness (QED) is 0.132. The van der Waals surface area contributed by atoms with Gasteiger partial charge in [-0.1, -0.05) is 0 Å². The summed E-state index contributed by atoms with van der Waals surface area (Å²) in [7, 11) is 0. The number of aromatic nitrogens is 2. The molecule has 0 radical (unpaired) electrons. The van der Waals surface area contributed by atoms with Crippen molar-refractivity contribution in [1.29, 1.82) is 0 Å². The molecule has 0 aliphatic carbocycles. The molecule has 0 atom stereocenters. The summed E-state index contributed by atoms with van der Waals surface area (Å²) in [4.78, 5) is 51.3. The lowest BCUT2D eigenvalue weighted by Crippen LogP contribution is -2.55. The van der Waals surface area contributed by atoms with Crippen molar-refractivity contribution in [1.82, 2.24) is 9.13 Å². The molecule has 0 saturated carbocycles. The molecule has 3 aromatic carbocycles. The minimum Gasteiger partial charge on any atom is -0.269 e. The third-order valence-corrected chi connectivity index (χ3v) is 9.22. The van der Waals surface area contributed by atoms with E-state index in [-0.39, 0.29) is 30.5 Å². The van der Waals surface area contributed by atoms with Crippen molar-refractivity contribution in [3.8, 4) is 0 Å². The van der Waals surface area contributed by atoms with Crippen molar-refractivity contribution >= 4 is 74.9 Å². The van der Waals surface area contributed by atoms with Gasteiger partial charge in [0, 0.05) is 8.95 Å². The topological polar surface area (TPSA) is 78.1 Å². The van der Waals surface area contributed by atoms with Crippen LogP contribution >= 0.6 is 31.9 Å². The third-order valence-electron chi connectivity index (χ3n) is 7.51. The fourth-order valence-electron chi connectivity index (χ4n) is 4.99. The second-order valence-corrected chi connectivity index (χ2v) is 12.0. The van der Waals surface area contributed by atoms with Crippen molar-refractivity contribution in [2.45, 2.75) is 49.1 Å². The van der Waals surface area contributed by atoms with E-state index < -0.39 is 102 Å². The standard InChI is InChI=1S/C26H8Br2F14N2O4/c27-15-7-1-11-12(18(46)43(17(11)45)5-21(29,30)23(33,34)25(37,38)39)2-8(7)16(28)10-4-14-13(3-9(10)15)19(47)44(20(14)48)6-22(31,32)24(35,36)26(40,41)42/h1-4H,5-6H2. The molecular weight excluding hydrogens is 830 g/mol. The Morgan fingerprint density at radius 1 is 0.417 bits per heavy atom. The first-order valence-corrected chi connectivity index (χ1v) is 14.0. The second kappa shape index (κ2) is 10.5. The molecule has 0 N–H and O–H groups in total. The van der Waals surface area contributed by atoms with Crippen LogP contribution in [0.2, 0.25) is 0 Å². The highest BCUT2D eigenvalue weighted by Crippen LogP contribution is 2.48. The van der Waals surface area contributed by atoms with Gasteiger partial charge in [-0.15, -0.1) is 0 Å². The molecule has 0 fully saturated rings. The van der Waals surface area contributed by atoms with Crippen molar-refractivity contribution < 1.29 is 61.5 Å². The Hall–Kier alpha value is -3.56. The highest BCUT2D eigenvalue weighted by molar-refractivity contribution is 9.11. The van der Waals surface area contributed by atoms with Crippen LogP contribution in [-0.2, 0) is 13.1 Å². The van der Waals surface area contributed by atoms with Gasteiger partial charge in [-0.25, -0.2) is 0 Å². The van der Waals surface area contributed by atoms with E-state index in [1.165, 1.54) is 0 Å². The van der Waals surface area contributed by atoms with Gasteiger partial charge in [0.15, 0.2) is 0 Å². The van der Waals surface area contributed by atoms with E-state index in [9.17, 15) is 80.6 Å². The zero-order valence-corrected chi connectivity index (χ0v) is 25.5. The Balaban J connectivity index is 1.73. The van der Waals surface area contributed by atoms with Crippen molar-refractivity contribution in [2.75, 3.05) is 0 Å². The molecule has 0 spiro atoms. The maximum Gasteiger partial charge on any atom is 0.459 e. The lowest BCUT2D eigenvalue weighted by molar-refractivity contribution is -0.357. The van der Waals surface area contributed by atoms with Crippen molar-refractivity contribution in [2.24, 2.45) is 0 Å². The Morgan fingerprint density at radius 2 is 0.625 bits per heavy atom. The summed E-state index contributed by atoms with van der Waals surface area (Å²) in [6.45, 7) is -5.35. The molecular formula is C26H8Br2F14N2O4. The molecule has 2 aromatic heterocycles. The maximum atomic E-state index is 14.1. The second-order valence-electron chi connectivity index (χ2n) is 10.5. The summed E-state index contributed by atoms with van der Waals surface area (Å²) in [5.74, 6) is -25.2. The van der Waals surface area contributed by atoms with E-state index in [1.54, 1.807) is 0 Å². The zero-order valence-electron chi connectivity index (χ0n) is 22.3. The number of nitrogens with zero attached hydrogens (tertiary/aromatic N) is 2. The van der Waals surface area contributed by atoms with Crippen LogP contribution in [0.25, 0.3) is 43.1 Å². The van der Waals surface area contributed by atoms with E-state index in [2.05, 4.69) is 31.9 Å². The van der Waals surface area contributed by atoms with E-state index in [0.29, 0.717) is 0 Å².